The third-order valence-electron chi connectivity index (χ3n) is 4.97. The Morgan fingerprint density at radius 1 is 1.03 bits per heavy atom. The summed E-state index contributed by atoms with van der Waals surface area (Å²) < 4.78 is 28.3. The first-order valence-corrected chi connectivity index (χ1v) is 11.8. The van der Waals surface area contributed by atoms with Gasteiger partial charge in [0.25, 0.3) is 10.0 Å². The molecule has 4 rings (SSSR count). The molecule has 1 aliphatic carbocycles. The van der Waals surface area contributed by atoms with Crippen molar-refractivity contribution in [2.75, 3.05) is 11.3 Å². The maximum atomic E-state index is 12.9. The minimum atomic E-state index is -3.88. The van der Waals surface area contributed by atoms with Gasteiger partial charge in [0.15, 0.2) is 0 Å². The number of fused-ring (bicyclic) bond motifs is 1. The van der Waals surface area contributed by atoms with Crippen molar-refractivity contribution in [3.05, 3.63) is 70.5 Å². The lowest BCUT2D eigenvalue weighted by atomic mass is 9.97. The molecule has 1 aromatic heterocycles. The zero-order valence-electron chi connectivity index (χ0n) is 16.4. The summed E-state index contributed by atoms with van der Waals surface area (Å²) in [4.78, 5) is 9.09. The van der Waals surface area contributed by atoms with Gasteiger partial charge in [-0.1, -0.05) is 47.5 Å². The molecule has 0 atom stereocenters. The van der Waals surface area contributed by atoms with Crippen molar-refractivity contribution in [3.63, 3.8) is 0 Å². The first-order chi connectivity index (χ1) is 14.5. The topological polar surface area (TPSA) is 86.1 Å². The van der Waals surface area contributed by atoms with E-state index in [9.17, 15) is 8.42 Å². The molecule has 0 saturated heterocycles. The standard InChI is InChI=1S/C22H22ClN4O2S/c23-17-9-6-10-18(15-17)30(28,29)27-22-21(24-14-13-16-7-2-1-3-8-16)25-19-11-4-5-12-20(19)26-22/h4-7,9-12,15H,1-3,8,13-14H2,(H-,24,25,26,27)/q-1. The molecule has 0 amide bonds. The fourth-order valence-corrected chi connectivity index (χ4v) is 4.73. The number of anilines is 1. The lowest BCUT2D eigenvalue weighted by Gasteiger charge is -2.22. The van der Waals surface area contributed by atoms with E-state index < -0.39 is 10.0 Å². The molecule has 2 aromatic carbocycles. The van der Waals surface area contributed by atoms with Crippen LogP contribution in [0.15, 0.2) is 65.1 Å². The highest BCUT2D eigenvalue weighted by molar-refractivity contribution is 7.92. The van der Waals surface area contributed by atoms with E-state index in [0.29, 0.717) is 22.6 Å². The molecule has 0 radical (unpaired) electrons. The highest BCUT2D eigenvalue weighted by atomic mass is 35.5. The Hall–Kier alpha value is -2.64. The van der Waals surface area contributed by atoms with Crippen molar-refractivity contribution in [1.82, 2.24) is 9.97 Å². The lowest BCUT2D eigenvalue weighted by Crippen LogP contribution is -2.14. The number of hydrogen-bond donors (Lipinski definition) is 1. The number of nitrogens with zero attached hydrogens (tertiary/aromatic N) is 3. The predicted molar refractivity (Wildman–Crippen MR) is 121 cm³/mol. The molecule has 6 nitrogen and oxygen atoms in total. The summed E-state index contributed by atoms with van der Waals surface area (Å²) in [5, 5.41) is 4.92. The zero-order chi connectivity index (χ0) is 21.0. The van der Waals surface area contributed by atoms with Gasteiger partial charge in [-0.3, -0.25) is 4.72 Å². The molecule has 0 aliphatic heterocycles. The quantitative estimate of drug-likeness (QED) is 0.457. The number of rotatable bonds is 7. The van der Waals surface area contributed by atoms with Crippen LogP contribution in [0.5, 0.6) is 0 Å². The number of hydrogen-bond acceptors (Lipinski definition) is 4. The number of sulfonamides is 1. The zero-order valence-corrected chi connectivity index (χ0v) is 18.0. The van der Waals surface area contributed by atoms with Crippen LogP contribution >= 0.6 is 11.6 Å². The molecule has 0 unspecified atom stereocenters. The van der Waals surface area contributed by atoms with Crippen molar-refractivity contribution in [2.45, 2.75) is 37.0 Å². The molecule has 3 aromatic rings. The second-order valence-corrected chi connectivity index (χ2v) is 9.31. The first-order valence-electron chi connectivity index (χ1n) is 9.92. The Kier molecular flexibility index (Phi) is 6.20. The molecule has 0 saturated carbocycles. The number of allylic oxidation sites excluding steroid dienone is 1. The van der Waals surface area contributed by atoms with Crippen LogP contribution in [0, 0.1) is 0 Å². The summed E-state index contributed by atoms with van der Waals surface area (Å²) in [5.74, 6) is 0.405. The van der Waals surface area contributed by atoms with Gasteiger partial charge in [0.2, 0.25) is 0 Å². The maximum Gasteiger partial charge on any atom is 0.263 e. The molecular formula is C22H22ClN4O2S-. The normalized spacial score (nSPS) is 14.4. The van der Waals surface area contributed by atoms with E-state index in [1.54, 1.807) is 18.2 Å². The van der Waals surface area contributed by atoms with Crippen LogP contribution in [0.4, 0.5) is 11.6 Å². The average Bonchev–Trinajstić information content (AvgIpc) is 2.74. The Morgan fingerprint density at radius 3 is 2.57 bits per heavy atom. The number of aromatic nitrogens is 2. The Bertz CT molecular complexity index is 1190. The van der Waals surface area contributed by atoms with Crippen molar-refractivity contribution >= 4 is 44.3 Å². The van der Waals surface area contributed by atoms with Gasteiger partial charge >= 0.3 is 0 Å². The molecule has 1 aliphatic rings. The van der Waals surface area contributed by atoms with E-state index in [1.807, 2.05) is 18.2 Å². The minimum absolute atomic E-state index is 0.0586. The minimum Gasteiger partial charge on any atom is -0.462 e. The van der Waals surface area contributed by atoms with Gasteiger partial charge in [0, 0.05) is 5.02 Å². The van der Waals surface area contributed by atoms with Crippen molar-refractivity contribution in [2.24, 2.45) is 0 Å². The van der Waals surface area contributed by atoms with Gasteiger partial charge in [0.05, 0.1) is 10.4 Å². The molecule has 1 N–H and O–H groups in total. The number of para-hydroxylation sites is 2. The van der Waals surface area contributed by atoms with E-state index in [1.165, 1.54) is 30.5 Å². The maximum absolute atomic E-state index is 12.9. The summed E-state index contributed by atoms with van der Waals surface area (Å²) in [6.07, 6.45) is 7.81. The van der Waals surface area contributed by atoms with E-state index in [-0.39, 0.29) is 16.5 Å². The van der Waals surface area contributed by atoms with Crippen LogP contribution in [0.1, 0.15) is 32.1 Å². The monoisotopic (exact) mass is 441 g/mol. The van der Waals surface area contributed by atoms with E-state index in [0.717, 1.165) is 19.3 Å². The lowest BCUT2D eigenvalue weighted by molar-refractivity contribution is 0.601. The predicted octanol–water partition coefficient (Wildman–Crippen LogP) is 5.98. The van der Waals surface area contributed by atoms with Crippen LogP contribution in [0.25, 0.3) is 16.4 Å². The van der Waals surface area contributed by atoms with E-state index in [4.69, 9.17) is 11.6 Å². The summed E-state index contributed by atoms with van der Waals surface area (Å²) in [6.45, 7) is 0.532. The summed E-state index contributed by atoms with van der Waals surface area (Å²) >= 11 is 5.96. The van der Waals surface area contributed by atoms with Gasteiger partial charge in [-0.05, 0) is 74.2 Å². The van der Waals surface area contributed by atoms with Crippen molar-refractivity contribution in [3.8, 4) is 0 Å². The molecule has 156 valence electrons. The molecule has 0 bridgehead atoms. The summed E-state index contributed by atoms with van der Waals surface area (Å²) in [5.41, 5.74) is 2.66. The van der Waals surface area contributed by atoms with Crippen LogP contribution in [0.2, 0.25) is 5.02 Å². The summed E-state index contributed by atoms with van der Waals surface area (Å²) in [6, 6.07) is 13.4. The number of nitrogens with one attached hydrogen (secondary N) is 1. The Labute approximate surface area is 181 Å². The smallest absolute Gasteiger partial charge is 0.263 e. The van der Waals surface area contributed by atoms with Gasteiger partial charge < -0.3 is 10.3 Å². The van der Waals surface area contributed by atoms with E-state index in [2.05, 4.69) is 26.1 Å². The molecule has 30 heavy (non-hydrogen) atoms. The molecule has 8 heteroatoms. The second-order valence-electron chi connectivity index (χ2n) is 7.19. The molecule has 0 fully saturated rings. The molecule has 0 spiro atoms. The fourth-order valence-electron chi connectivity index (χ4n) is 3.43. The molecular weight excluding hydrogens is 420 g/mol. The third-order valence-corrected chi connectivity index (χ3v) is 6.54. The van der Waals surface area contributed by atoms with E-state index >= 15 is 0 Å². The third kappa shape index (κ3) is 4.91. The first kappa shape index (κ1) is 20.6. The Morgan fingerprint density at radius 2 is 1.83 bits per heavy atom. The van der Waals surface area contributed by atoms with Gasteiger partial charge in [0.1, 0.15) is 5.82 Å². The van der Waals surface area contributed by atoms with Crippen molar-refractivity contribution in [1.29, 1.82) is 0 Å². The van der Waals surface area contributed by atoms with Crippen LogP contribution < -0.4 is 4.72 Å². The SMILES string of the molecule is O=S(=O)(Nc1nc2ccccc2nc1[N-]CCC1=CCCCC1)c1cccc(Cl)c1. The Balaban J connectivity index is 1.61. The molecule has 1 heterocycles. The van der Waals surface area contributed by atoms with Gasteiger partial charge in [-0.2, -0.15) is 0 Å². The highest BCUT2D eigenvalue weighted by Gasteiger charge is 2.16. The highest BCUT2D eigenvalue weighted by Crippen LogP contribution is 2.31. The second kappa shape index (κ2) is 9.02. The van der Waals surface area contributed by atoms with Gasteiger partial charge in [-0.15, -0.1) is 0 Å². The number of halogens is 1. The van der Waals surface area contributed by atoms with Gasteiger partial charge in [-0.25, -0.2) is 13.4 Å². The fraction of sp³-hybridized carbons (Fsp3) is 0.273. The van der Waals surface area contributed by atoms with Crippen LogP contribution in [-0.4, -0.2) is 24.9 Å². The average molecular weight is 442 g/mol. The van der Waals surface area contributed by atoms with Crippen molar-refractivity contribution < 1.29 is 8.42 Å². The number of benzene rings is 2. The largest absolute Gasteiger partial charge is 0.462 e. The van der Waals surface area contributed by atoms with Crippen LogP contribution in [0.3, 0.4) is 0 Å². The van der Waals surface area contributed by atoms with Crippen LogP contribution in [-0.2, 0) is 10.0 Å². The summed E-state index contributed by atoms with van der Waals surface area (Å²) in [7, 11) is -3.88.